The third kappa shape index (κ3) is 1.94. The lowest BCUT2D eigenvalue weighted by Gasteiger charge is -2.11. The fourth-order valence-corrected chi connectivity index (χ4v) is 4.06. The Hall–Kier alpha value is -1.62. The molecular formula is C15H10Cl2N2OS. The van der Waals surface area contributed by atoms with Gasteiger partial charge in [0.25, 0.3) is 0 Å². The normalized spacial score (nSPS) is 13.0. The molecule has 0 unspecified atom stereocenters. The summed E-state index contributed by atoms with van der Waals surface area (Å²) in [4.78, 5) is 0. The quantitative estimate of drug-likeness (QED) is 0.501. The van der Waals surface area contributed by atoms with E-state index in [-0.39, 0.29) is 0 Å². The number of halogens is 2. The van der Waals surface area contributed by atoms with Crippen LogP contribution in [0.2, 0.25) is 10.0 Å². The fraction of sp³-hybridized carbons (Fsp3) is 0.0667. The van der Waals surface area contributed by atoms with Crippen molar-refractivity contribution in [1.82, 2.24) is 0 Å². The molecule has 0 spiro atoms. The van der Waals surface area contributed by atoms with Crippen LogP contribution < -0.4 is 10.6 Å². The minimum absolute atomic E-state index is 0.296. The van der Waals surface area contributed by atoms with Crippen LogP contribution in [0.4, 0.5) is 16.4 Å². The van der Waals surface area contributed by atoms with E-state index in [1.165, 1.54) is 11.3 Å². The molecule has 3 nitrogen and oxygen atoms in total. The number of thiophene rings is 1. The van der Waals surface area contributed by atoms with E-state index in [1.807, 2.05) is 18.2 Å². The summed E-state index contributed by atoms with van der Waals surface area (Å²) in [5.74, 6) is 0.296. The molecule has 1 aliphatic rings. The number of nitrogens with one attached hydrogen (secondary N) is 2. The first kappa shape index (κ1) is 13.1. The maximum absolute atomic E-state index is 10.00. The molecule has 0 saturated heterocycles. The first-order chi connectivity index (χ1) is 10.1. The SMILES string of the molecule is Oc1cccc2c3c(sc12)Nc1c(ccc(Cl)c1Cl)NC3. The Morgan fingerprint density at radius 1 is 1.14 bits per heavy atom. The van der Waals surface area contributed by atoms with Crippen molar-refractivity contribution in [3.8, 4) is 5.75 Å². The summed E-state index contributed by atoms with van der Waals surface area (Å²) in [5, 5.41) is 19.8. The van der Waals surface area contributed by atoms with Crippen LogP contribution >= 0.6 is 34.5 Å². The van der Waals surface area contributed by atoms with E-state index in [2.05, 4.69) is 10.6 Å². The molecule has 2 aromatic carbocycles. The number of anilines is 3. The van der Waals surface area contributed by atoms with Gasteiger partial charge in [0.15, 0.2) is 0 Å². The summed E-state index contributed by atoms with van der Waals surface area (Å²) in [6.07, 6.45) is 0. The fourth-order valence-electron chi connectivity index (χ4n) is 2.55. The highest BCUT2D eigenvalue weighted by molar-refractivity contribution is 7.23. The maximum atomic E-state index is 10.00. The first-order valence-corrected chi connectivity index (χ1v) is 7.94. The van der Waals surface area contributed by atoms with Gasteiger partial charge in [-0.3, -0.25) is 0 Å². The maximum Gasteiger partial charge on any atom is 0.133 e. The Bertz CT molecular complexity index is 876. The Labute approximate surface area is 135 Å². The molecule has 2 heterocycles. The van der Waals surface area contributed by atoms with Gasteiger partial charge in [0.2, 0.25) is 0 Å². The average Bonchev–Trinajstić information content (AvgIpc) is 2.72. The van der Waals surface area contributed by atoms with Crippen LogP contribution in [0, 0.1) is 0 Å². The number of phenols is 1. The second kappa shape index (κ2) is 4.70. The Balaban J connectivity index is 1.94. The molecular weight excluding hydrogens is 327 g/mol. The van der Waals surface area contributed by atoms with Gasteiger partial charge in [-0.1, -0.05) is 35.3 Å². The summed E-state index contributed by atoms with van der Waals surface area (Å²) in [5.41, 5.74) is 2.81. The van der Waals surface area contributed by atoms with Gasteiger partial charge >= 0.3 is 0 Å². The van der Waals surface area contributed by atoms with Gasteiger partial charge in [-0.2, -0.15) is 0 Å². The van der Waals surface area contributed by atoms with Crippen molar-refractivity contribution >= 4 is 61.0 Å². The molecule has 4 rings (SSSR count). The van der Waals surface area contributed by atoms with E-state index in [4.69, 9.17) is 23.2 Å². The van der Waals surface area contributed by atoms with Gasteiger partial charge in [0, 0.05) is 17.5 Å². The van der Waals surface area contributed by atoms with Gasteiger partial charge in [0.05, 0.1) is 31.1 Å². The molecule has 3 aromatic rings. The van der Waals surface area contributed by atoms with Crippen molar-refractivity contribution in [2.75, 3.05) is 10.6 Å². The number of hydrogen-bond acceptors (Lipinski definition) is 4. The van der Waals surface area contributed by atoms with E-state index >= 15 is 0 Å². The minimum atomic E-state index is 0.296. The zero-order valence-electron chi connectivity index (χ0n) is 10.7. The Kier molecular flexibility index (Phi) is 2.92. The average molecular weight is 337 g/mol. The van der Waals surface area contributed by atoms with Gasteiger partial charge in [0.1, 0.15) is 5.75 Å². The molecule has 0 saturated carbocycles. The topological polar surface area (TPSA) is 44.3 Å². The number of hydrogen-bond donors (Lipinski definition) is 3. The third-order valence-corrected chi connectivity index (χ3v) is 5.58. The number of rotatable bonds is 0. The van der Waals surface area contributed by atoms with Crippen molar-refractivity contribution in [2.24, 2.45) is 0 Å². The number of aromatic hydroxyl groups is 1. The van der Waals surface area contributed by atoms with E-state index < -0.39 is 0 Å². The largest absolute Gasteiger partial charge is 0.506 e. The third-order valence-electron chi connectivity index (χ3n) is 3.59. The van der Waals surface area contributed by atoms with E-state index in [1.54, 1.807) is 12.1 Å². The van der Waals surface area contributed by atoms with Crippen LogP contribution in [0.1, 0.15) is 5.56 Å². The highest BCUT2D eigenvalue weighted by atomic mass is 35.5. The van der Waals surface area contributed by atoms with Gasteiger partial charge < -0.3 is 15.7 Å². The molecule has 1 aromatic heterocycles. The van der Waals surface area contributed by atoms with E-state index in [9.17, 15) is 5.11 Å². The predicted octanol–water partition coefficient (Wildman–Crippen LogP) is 5.58. The molecule has 106 valence electrons. The summed E-state index contributed by atoms with van der Waals surface area (Å²) in [6, 6.07) is 9.25. The molecule has 21 heavy (non-hydrogen) atoms. The molecule has 3 N–H and O–H groups in total. The van der Waals surface area contributed by atoms with Crippen molar-refractivity contribution in [3.05, 3.63) is 45.9 Å². The Morgan fingerprint density at radius 3 is 2.86 bits per heavy atom. The van der Waals surface area contributed by atoms with Crippen LogP contribution in [0.15, 0.2) is 30.3 Å². The van der Waals surface area contributed by atoms with Gasteiger partial charge in [-0.05, 0) is 18.2 Å². The second-order valence-corrected chi connectivity index (χ2v) is 6.63. The lowest BCUT2D eigenvalue weighted by Crippen LogP contribution is -1.97. The van der Waals surface area contributed by atoms with Crippen molar-refractivity contribution < 1.29 is 5.11 Å². The van der Waals surface area contributed by atoms with Crippen LogP contribution in [-0.4, -0.2) is 5.11 Å². The smallest absolute Gasteiger partial charge is 0.133 e. The number of benzene rings is 2. The molecule has 0 aliphatic carbocycles. The monoisotopic (exact) mass is 336 g/mol. The van der Waals surface area contributed by atoms with Gasteiger partial charge in [-0.25, -0.2) is 0 Å². The van der Waals surface area contributed by atoms with Gasteiger partial charge in [-0.15, -0.1) is 11.3 Å². The first-order valence-electron chi connectivity index (χ1n) is 6.37. The molecule has 0 fully saturated rings. The highest BCUT2D eigenvalue weighted by Crippen LogP contribution is 2.47. The Morgan fingerprint density at radius 2 is 2.00 bits per heavy atom. The number of fused-ring (bicyclic) bond motifs is 4. The second-order valence-electron chi connectivity index (χ2n) is 4.83. The summed E-state index contributed by atoms with van der Waals surface area (Å²) < 4.78 is 0.874. The minimum Gasteiger partial charge on any atom is -0.506 e. The van der Waals surface area contributed by atoms with Crippen LogP contribution in [0.3, 0.4) is 0 Å². The van der Waals surface area contributed by atoms with Crippen LogP contribution in [0.25, 0.3) is 10.1 Å². The molecule has 6 heteroatoms. The summed E-state index contributed by atoms with van der Waals surface area (Å²) in [7, 11) is 0. The molecule has 0 atom stereocenters. The summed E-state index contributed by atoms with van der Waals surface area (Å²) in [6.45, 7) is 0.663. The lowest BCUT2D eigenvalue weighted by atomic mass is 10.1. The summed E-state index contributed by atoms with van der Waals surface area (Å²) >= 11 is 13.9. The van der Waals surface area contributed by atoms with Crippen LogP contribution in [0.5, 0.6) is 5.75 Å². The highest BCUT2D eigenvalue weighted by Gasteiger charge is 2.21. The van der Waals surface area contributed by atoms with Crippen molar-refractivity contribution in [3.63, 3.8) is 0 Å². The van der Waals surface area contributed by atoms with Crippen LogP contribution in [-0.2, 0) is 6.54 Å². The molecule has 0 bridgehead atoms. The molecule has 0 radical (unpaired) electrons. The van der Waals surface area contributed by atoms with E-state index in [0.717, 1.165) is 32.0 Å². The lowest BCUT2D eigenvalue weighted by molar-refractivity contribution is 0.482. The zero-order chi connectivity index (χ0) is 14.6. The van der Waals surface area contributed by atoms with Crippen molar-refractivity contribution in [2.45, 2.75) is 6.54 Å². The number of phenolic OH excluding ortho intramolecular Hbond substituents is 1. The standard InChI is InChI=1S/C15H10Cl2N2OS/c16-9-4-5-10-13(12(9)17)19-15-8(6-18-10)7-2-1-3-11(20)14(7)21-15/h1-5,18-20H,6H2. The molecule has 0 amide bonds. The van der Waals surface area contributed by atoms with E-state index in [0.29, 0.717) is 22.3 Å². The predicted molar refractivity (Wildman–Crippen MR) is 90.6 cm³/mol. The molecule has 1 aliphatic heterocycles. The van der Waals surface area contributed by atoms with Crippen molar-refractivity contribution in [1.29, 1.82) is 0 Å². The zero-order valence-corrected chi connectivity index (χ0v) is 13.0.